The van der Waals surface area contributed by atoms with Gasteiger partial charge in [-0.25, -0.2) is 9.97 Å². The lowest BCUT2D eigenvalue weighted by Crippen LogP contribution is -2.31. The highest BCUT2D eigenvalue weighted by Gasteiger charge is 2.29. The fraction of sp³-hybridized carbons (Fsp3) is 0.765. The summed E-state index contributed by atoms with van der Waals surface area (Å²) in [5.41, 5.74) is 1.06. The van der Waals surface area contributed by atoms with Crippen LogP contribution in [-0.4, -0.2) is 52.3 Å². The van der Waals surface area contributed by atoms with Gasteiger partial charge in [-0.05, 0) is 45.7 Å². The molecule has 0 saturated heterocycles. The van der Waals surface area contributed by atoms with E-state index in [2.05, 4.69) is 27.2 Å². The standard InChI is InChI=1S/C17H28N4O/c1-21(14-5-2-3-6-14)8-4-7-18-17-11-16(19-12-20-17)13-9-15(22)10-13/h11-15,22H,2-10H2,1H3,(H,18,19,20). The minimum Gasteiger partial charge on any atom is -0.393 e. The monoisotopic (exact) mass is 304 g/mol. The molecule has 1 aromatic rings. The summed E-state index contributed by atoms with van der Waals surface area (Å²) in [7, 11) is 2.25. The van der Waals surface area contributed by atoms with Crippen molar-refractivity contribution in [2.75, 3.05) is 25.5 Å². The maximum absolute atomic E-state index is 9.40. The minimum absolute atomic E-state index is 0.137. The van der Waals surface area contributed by atoms with Crippen LogP contribution in [0.5, 0.6) is 0 Å². The Kier molecular flexibility index (Phi) is 5.26. The van der Waals surface area contributed by atoms with E-state index in [1.54, 1.807) is 6.33 Å². The Balaban J connectivity index is 1.39. The van der Waals surface area contributed by atoms with E-state index in [1.165, 1.54) is 25.7 Å². The predicted molar refractivity (Wildman–Crippen MR) is 88.0 cm³/mol. The van der Waals surface area contributed by atoms with Crippen LogP contribution in [0, 0.1) is 0 Å². The van der Waals surface area contributed by atoms with E-state index in [-0.39, 0.29) is 6.10 Å². The zero-order chi connectivity index (χ0) is 15.4. The molecule has 2 aliphatic rings. The number of hydrogen-bond acceptors (Lipinski definition) is 5. The summed E-state index contributed by atoms with van der Waals surface area (Å²) in [5, 5.41) is 12.8. The number of aliphatic hydroxyl groups excluding tert-OH is 1. The zero-order valence-electron chi connectivity index (χ0n) is 13.5. The molecule has 2 N–H and O–H groups in total. The van der Waals surface area contributed by atoms with E-state index >= 15 is 0 Å². The van der Waals surface area contributed by atoms with Crippen molar-refractivity contribution >= 4 is 5.82 Å². The molecular weight excluding hydrogens is 276 g/mol. The fourth-order valence-corrected chi connectivity index (χ4v) is 3.59. The van der Waals surface area contributed by atoms with Gasteiger partial charge in [0.15, 0.2) is 0 Å². The van der Waals surface area contributed by atoms with Crippen LogP contribution in [0.25, 0.3) is 0 Å². The lowest BCUT2D eigenvalue weighted by molar-refractivity contribution is 0.0732. The smallest absolute Gasteiger partial charge is 0.129 e. The third-order valence-electron chi connectivity index (χ3n) is 5.16. The van der Waals surface area contributed by atoms with Crippen LogP contribution in [-0.2, 0) is 0 Å². The maximum Gasteiger partial charge on any atom is 0.129 e. The van der Waals surface area contributed by atoms with Crippen LogP contribution in [0.3, 0.4) is 0 Å². The number of anilines is 1. The molecule has 5 nitrogen and oxygen atoms in total. The summed E-state index contributed by atoms with van der Waals surface area (Å²) in [6.45, 7) is 2.09. The molecule has 122 valence electrons. The van der Waals surface area contributed by atoms with Gasteiger partial charge in [0.1, 0.15) is 12.1 Å². The van der Waals surface area contributed by atoms with E-state index in [9.17, 15) is 5.11 Å². The van der Waals surface area contributed by atoms with E-state index in [0.717, 1.165) is 49.9 Å². The van der Waals surface area contributed by atoms with Gasteiger partial charge in [-0.1, -0.05) is 12.8 Å². The van der Waals surface area contributed by atoms with Crippen LogP contribution in [0.4, 0.5) is 5.82 Å². The molecule has 0 aromatic carbocycles. The van der Waals surface area contributed by atoms with Crippen LogP contribution in [0.15, 0.2) is 12.4 Å². The average Bonchev–Trinajstić information content (AvgIpc) is 3.03. The largest absolute Gasteiger partial charge is 0.393 e. The SMILES string of the molecule is CN(CCCNc1cc(C2CC(O)C2)ncn1)C1CCCC1. The van der Waals surface area contributed by atoms with E-state index in [1.807, 2.05) is 6.07 Å². The molecule has 5 heteroatoms. The summed E-state index contributed by atoms with van der Waals surface area (Å²) >= 11 is 0. The molecule has 3 rings (SSSR count). The number of rotatable bonds is 7. The Morgan fingerprint density at radius 1 is 1.27 bits per heavy atom. The molecule has 22 heavy (non-hydrogen) atoms. The highest BCUT2D eigenvalue weighted by molar-refractivity contribution is 5.36. The maximum atomic E-state index is 9.40. The first-order valence-electron chi connectivity index (χ1n) is 8.66. The first-order valence-corrected chi connectivity index (χ1v) is 8.66. The number of aliphatic hydroxyl groups is 1. The van der Waals surface area contributed by atoms with Crippen molar-refractivity contribution in [1.29, 1.82) is 0 Å². The van der Waals surface area contributed by atoms with Crippen molar-refractivity contribution < 1.29 is 5.11 Å². The van der Waals surface area contributed by atoms with Gasteiger partial charge >= 0.3 is 0 Å². The van der Waals surface area contributed by atoms with E-state index in [4.69, 9.17) is 0 Å². The van der Waals surface area contributed by atoms with Gasteiger partial charge in [-0.3, -0.25) is 0 Å². The van der Waals surface area contributed by atoms with Crippen molar-refractivity contribution in [3.05, 3.63) is 18.1 Å². The van der Waals surface area contributed by atoms with Gasteiger partial charge in [-0.2, -0.15) is 0 Å². The molecule has 0 atom stereocenters. The average molecular weight is 304 g/mol. The Labute approximate surface area is 133 Å². The van der Waals surface area contributed by atoms with Gasteiger partial charge in [0.05, 0.1) is 6.10 Å². The van der Waals surface area contributed by atoms with Gasteiger partial charge in [0.2, 0.25) is 0 Å². The lowest BCUT2D eigenvalue weighted by Gasteiger charge is -2.30. The minimum atomic E-state index is -0.137. The Hall–Kier alpha value is -1.20. The number of nitrogens with one attached hydrogen (secondary N) is 1. The number of hydrogen-bond donors (Lipinski definition) is 2. The van der Waals surface area contributed by atoms with E-state index < -0.39 is 0 Å². The molecular formula is C17H28N4O. The van der Waals surface area contributed by atoms with Crippen molar-refractivity contribution in [3.63, 3.8) is 0 Å². The highest BCUT2D eigenvalue weighted by atomic mass is 16.3. The number of nitrogens with zero attached hydrogens (tertiary/aromatic N) is 3. The second-order valence-corrected chi connectivity index (χ2v) is 6.85. The summed E-state index contributed by atoms with van der Waals surface area (Å²) in [4.78, 5) is 11.1. The molecule has 1 heterocycles. The Bertz CT molecular complexity index is 469. The number of aromatic nitrogens is 2. The first-order chi connectivity index (χ1) is 10.7. The summed E-state index contributed by atoms with van der Waals surface area (Å²) in [6, 6.07) is 2.84. The van der Waals surface area contributed by atoms with Crippen molar-refractivity contribution in [2.45, 2.75) is 63.0 Å². The molecule has 2 saturated carbocycles. The van der Waals surface area contributed by atoms with Gasteiger partial charge in [0, 0.05) is 30.3 Å². The Morgan fingerprint density at radius 3 is 2.77 bits per heavy atom. The van der Waals surface area contributed by atoms with Crippen molar-refractivity contribution in [3.8, 4) is 0 Å². The molecule has 0 unspecified atom stereocenters. The lowest BCUT2D eigenvalue weighted by atomic mass is 9.80. The third kappa shape index (κ3) is 3.96. The Morgan fingerprint density at radius 2 is 2.05 bits per heavy atom. The zero-order valence-corrected chi connectivity index (χ0v) is 13.5. The summed E-state index contributed by atoms with van der Waals surface area (Å²) < 4.78 is 0. The van der Waals surface area contributed by atoms with Gasteiger partial charge in [0.25, 0.3) is 0 Å². The second kappa shape index (κ2) is 7.38. The molecule has 0 spiro atoms. The van der Waals surface area contributed by atoms with Crippen LogP contribution in [0.2, 0.25) is 0 Å². The van der Waals surface area contributed by atoms with E-state index in [0.29, 0.717) is 5.92 Å². The molecule has 2 fully saturated rings. The van der Waals surface area contributed by atoms with Crippen molar-refractivity contribution in [1.82, 2.24) is 14.9 Å². The predicted octanol–water partition coefficient (Wildman–Crippen LogP) is 2.39. The third-order valence-corrected chi connectivity index (χ3v) is 5.16. The highest BCUT2D eigenvalue weighted by Crippen LogP contribution is 2.35. The molecule has 2 aliphatic carbocycles. The van der Waals surface area contributed by atoms with Crippen LogP contribution >= 0.6 is 0 Å². The second-order valence-electron chi connectivity index (χ2n) is 6.85. The fourth-order valence-electron chi connectivity index (χ4n) is 3.59. The molecule has 0 aliphatic heterocycles. The molecule has 0 amide bonds. The summed E-state index contributed by atoms with van der Waals surface area (Å²) in [5.74, 6) is 1.32. The molecule has 0 bridgehead atoms. The first kappa shape index (κ1) is 15.7. The van der Waals surface area contributed by atoms with Crippen molar-refractivity contribution in [2.24, 2.45) is 0 Å². The summed E-state index contributed by atoms with van der Waals surface area (Å²) in [6.07, 6.45) is 9.83. The quantitative estimate of drug-likeness (QED) is 0.757. The van der Waals surface area contributed by atoms with Gasteiger partial charge in [-0.15, -0.1) is 0 Å². The molecule has 0 radical (unpaired) electrons. The van der Waals surface area contributed by atoms with Gasteiger partial charge < -0.3 is 15.3 Å². The van der Waals surface area contributed by atoms with Crippen LogP contribution in [0.1, 0.15) is 56.6 Å². The van der Waals surface area contributed by atoms with Crippen LogP contribution < -0.4 is 5.32 Å². The normalized spacial score (nSPS) is 25.4. The topological polar surface area (TPSA) is 61.3 Å². The molecule has 1 aromatic heterocycles.